The van der Waals surface area contributed by atoms with Crippen molar-refractivity contribution >= 4 is 5.95 Å². The molecule has 1 aromatic heterocycles. The first kappa shape index (κ1) is 13.4. The maximum Gasteiger partial charge on any atom is 0.203 e. The van der Waals surface area contributed by atoms with Crippen molar-refractivity contribution in [1.82, 2.24) is 9.55 Å². The van der Waals surface area contributed by atoms with Gasteiger partial charge in [-0.15, -0.1) is 0 Å². The summed E-state index contributed by atoms with van der Waals surface area (Å²) in [7, 11) is 0. The van der Waals surface area contributed by atoms with Gasteiger partial charge in [0.2, 0.25) is 5.95 Å². The largest absolute Gasteiger partial charge is 0.353 e. The van der Waals surface area contributed by atoms with Crippen LogP contribution in [0.4, 0.5) is 5.95 Å². The fourth-order valence-electron chi connectivity index (χ4n) is 3.05. The van der Waals surface area contributed by atoms with Gasteiger partial charge in [-0.2, -0.15) is 0 Å². The van der Waals surface area contributed by atoms with E-state index >= 15 is 0 Å². The van der Waals surface area contributed by atoms with Crippen molar-refractivity contribution in [3.8, 4) is 0 Å². The molecule has 0 atom stereocenters. The molecule has 1 heterocycles. The zero-order valence-electron chi connectivity index (χ0n) is 12.8. The highest BCUT2D eigenvalue weighted by Gasteiger charge is 2.64. The lowest BCUT2D eigenvalue weighted by molar-refractivity contribution is 0.457. The Labute approximate surface area is 111 Å². The van der Waals surface area contributed by atoms with Gasteiger partial charge in [0.1, 0.15) is 0 Å². The van der Waals surface area contributed by atoms with Crippen molar-refractivity contribution in [2.75, 3.05) is 5.32 Å². The molecule has 0 spiro atoms. The number of nitrogens with zero attached hydrogens (tertiary/aromatic N) is 2. The molecule has 18 heavy (non-hydrogen) atoms. The molecule has 2 rings (SSSR count). The van der Waals surface area contributed by atoms with E-state index < -0.39 is 0 Å². The van der Waals surface area contributed by atoms with Gasteiger partial charge in [0, 0.05) is 18.8 Å². The van der Waals surface area contributed by atoms with Gasteiger partial charge in [0.15, 0.2) is 0 Å². The number of hydrogen-bond acceptors (Lipinski definition) is 2. The second-order valence-corrected chi connectivity index (χ2v) is 7.15. The first-order valence-corrected chi connectivity index (χ1v) is 6.96. The molecule has 1 aliphatic rings. The van der Waals surface area contributed by atoms with Crippen molar-refractivity contribution < 1.29 is 0 Å². The van der Waals surface area contributed by atoms with Gasteiger partial charge < -0.3 is 9.88 Å². The highest BCUT2D eigenvalue weighted by molar-refractivity contribution is 5.30. The maximum atomic E-state index is 4.58. The monoisotopic (exact) mass is 249 g/mol. The number of anilines is 1. The van der Waals surface area contributed by atoms with Crippen molar-refractivity contribution in [2.24, 2.45) is 16.7 Å². The molecule has 0 radical (unpaired) electrons. The summed E-state index contributed by atoms with van der Waals surface area (Å²) in [5.41, 5.74) is 1.95. The third kappa shape index (κ3) is 2.04. The Morgan fingerprint density at radius 3 is 2.28 bits per heavy atom. The highest BCUT2D eigenvalue weighted by atomic mass is 15.2. The number of imidazole rings is 1. The summed E-state index contributed by atoms with van der Waals surface area (Å²) in [6.07, 6.45) is 2.16. The normalized spacial score (nSPS) is 21.3. The highest BCUT2D eigenvalue weighted by Crippen LogP contribution is 2.68. The molecule has 3 heteroatoms. The predicted molar refractivity (Wildman–Crippen MR) is 76.8 cm³/mol. The van der Waals surface area contributed by atoms with E-state index in [2.05, 4.69) is 69.5 Å². The standard InChI is InChI=1S/C15H27N3/c1-10(2)16-13-17-11(3)8-18(13)9-12-14(4,5)15(12,6)7/h8,10,12H,9H2,1-7H3,(H,16,17). The molecular weight excluding hydrogens is 222 g/mol. The van der Waals surface area contributed by atoms with E-state index in [0.717, 1.165) is 24.1 Å². The molecule has 102 valence electrons. The summed E-state index contributed by atoms with van der Waals surface area (Å²) in [4.78, 5) is 4.58. The van der Waals surface area contributed by atoms with Crippen LogP contribution < -0.4 is 5.32 Å². The van der Waals surface area contributed by atoms with Gasteiger partial charge >= 0.3 is 0 Å². The average Bonchev–Trinajstić information content (AvgIpc) is 2.52. The lowest BCUT2D eigenvalue weighted by Crippen LogP contribution is -2.15. The van der Waals surface area contributed by atoms with Gasteiger partial charge in [0.05, 0.1) is 5.69 Å². The fourth-order valence-corrected chi connectivity index (χ4v) is 3.05. The summed E-state index contributed by atoms with van der Waals surface area (Å²) >= 11 is 0. The molecule has 0 aliphatic heterocycles. The van der Waals surface area contributed by atoms with Crippen LogP contribution in [0.15, 0.2) is 6.20 Å². The minimum Gasteiger partial charge on any atom is -0.353 e. The molecule has 1 aromatic rings. The zero-order chi connectivity index (χ0) is 13.7. The van der Waals surface area contributed by atoms with E-state index in [9.17, 15) is 0 Å². The molecule has 0 saturated heterocycles. The van der Waals surface area contributed by atoms with Crippen LogP contribution in [0.2, 0.25) is 0 Å². The molecule has 0 bridgehead atoms. The van der Waals surface area contributed by atoms with Crippen LogP contribution in [0.3, 0.4) is 0 Å². The van der Waals surface area contributed by atoms with Crippen LogP contribution in [-0.4, -0.2) is 15.6 Å². The summed E-state index contributed by atoms with van der Waals surface area (Å²) in [6.45, 7) is 16.9. The van der Waals surface area contributed by atoms with E-state index in [1.54, 1.807) is 0 Å². The Morgan fingerprint density at radius 1 is 1.28 bits per heavy atom. The molecule has 1 fully saturated rings. The lowest BCUT2D eigenvalue weighted by atomic mass is 10.0. The van der Waals surface area contributed by atoms with Gasteiger partial charge in [-0.3, -0.25) is 0 Å². The Balaban J connectivity index is 2.16. The van der Waals surface area contributed by atoms with Crippen molar-refractivity contribution in [2.45, 2.75) is 61.1 Å². The quantitative estimate of drug-likeness (QED) is 0.882. The third-order valence-electron chi connectivity index (χ3n) is 5.01. The minimum atomic E-state index is 0.422. The van der Waals surface area contributed by atoms with Crippen LogP contribution in [-0.2, 0) is 6.54 Å². The molecule has 1 saturated carbocycles. The Kier molecular flexibility index (Phi) is 2.99. The van der Waals surface area contributed by atoms with Crippen molar-refractivity contribution in [3.63, 3.8) is 0 Å². The number of hydrogen-bond donors (Lipinski definition) is 1. The second-order valence-electron chi connectivity index (χ2n) is 7.15. The molecule has 1 N–H and O–H groups in total. The molecule has 1 aliphatic carbocycles. The van der Waals surface area contributed by atoms with Crippen molar-refractivity contribution in [3.05, 3.63) is 11.9 Å². The zero-order valence-corrected chi connectivity index (χ0v) is 12.8. The van der Waals surface area contributed by atoms with Crippen LogP contribution in [0.25, 0.3) is 0 Å². The van der Waals surface area contributed by atoms with Gasteiger partial charge in [-0.05, 0) is 37.5 Å². The van der Waals surface area contributed by atoms with Crippen molar-refractivity contribution in [1.29, 1.82) is 0 Å². The van der Waals surface area contributed by atoms with E-state index in [0.29, 0.717) is 16.9 Å². The molecule has 0 aromatic carbocycles. The number of rotatable bonds is 4. The van der Waals surface area contributed by atoms with Gasteiger partial charge in [-0.25, -0.2) is 4.98 Å². The minimum absolute atomic E-state index is 0.422. The first-order chi connectivity index (χ1) is 8.16. The van der Waals surface area contributed by atoms with Gasteiger partial charge in [-0.1, -0.05) is 27.7 Å². The molecule has 0 unspecified atom stereocenters. The number of aryl methyl sites for hydroxylation is 1. The van der Waals surface area contributed by atoms with Gasteiger partial charge in [0.25, 0.3) is 0 Å². The van der Waals surface area contributed by atoms with Crippen LogP contribution in [0, 0.1) is 23.7 Å². The van der Waals surface area contributed by atoms with E-state index in [1.165, 1.54) is 0 Å². The summed E-state index contributed by atoms with van der Waals surface area (Å²) in [5.74, 6) is 1.74. The predicted octanol–water partition coefficient (Wildman–Crippen LogP) is 3.69. The summed E-state index contributed by atoms with van der Waals surface area (Å²) in [6, 6.07) is 0.422. The Bertz CT molecular complexity index is 427. The average molecular weight is 249 g/mol. The van der Waals surface area contributed by atoms with E-state index in [-0.39, 0.29) is 0 Å². The topological polar surface area (TPSA) is 29.9 Å². The maximum absolute atomic E-state index is 4.58. The first-order valence-electron chi connectivity index (χ1n) is 6.96. The molecule has 3 nitrogen and oxygen atoms in total. The number of aromatic nitrogens is 2. The molecular formula is C15H27N3. The summed E-state index contributed by atoms with van der Waals surface area (Å²) < 4.78 is 2.29. The fraction of sp³-hybridized carbons (Fsp3) is 0.800. The smallest absolute Gasteiger partial charge is 0.203 e. The Hall–Kier alpha value is -0.990. The van der Waals surface area contributed by atoms with E-state index in [4.69, 9.17) is 0 Å². The SMILES string of the molecule is Cc1cn(CC2C(C)(C)C2(C)C)c(NC(C)C)n1. The van der Waals surface area contributed by atoms with Crippen LogP contribution >= 0.6 is 0 Å². The van der Waals surface area contributed by atoms with Crippen LogP contribution in [0.5, 0.6) is 0 Å². The lowest BCUT2D eigenvalue weighted by Gasteiger charge is -2.13. The Morgan fingerprint density at radius 2 is 1.83 bits per heavy atom. The number of nitrogens with one attached hydrogen (secondary N) is 1. The summed E-state index contributed by atoms with van der Waals surface area (Å²) in [5, 5.41) is 3.43. The van der Waals surface area contributed by atoms with Crippen LogP contribution in [0.1, 0.15) is 47.2 Å². The van der Waals surface area contributed by atoms with E-state index in [1.807, 2.05) is 0 Å². The second kappa shape index (κ2) is 4.01. The molecule has 0 amide bonds. The third-order valence-corrected chi connectivity index (χ3v) is 5.01.